The van der Waals surface area contributed by atoms with E-state index in [1.165, 1.54) is 0 Å². The smallest absolute Gasteiger partial charge is 0.229 e. The topological polar surface area (TPSA) is 58.2 Å². The van der Waals surface area contributed by atoms with Gasteiger partial charge in [-0.3, -0.25) is 9.59 Å². The summed E-state index contributed by atoms with van der Waals surface area (Å²) >= 11 is 0. The highest BCUT2D eigenvalue weighted by Crippen LogP contribution is 2.21. The van der Waals surface area contributed by atoms with Gasteiger partial charge in [-0.2, -0.15) is 0 Å². The van der Waals surface area contributed by atoms with Crippen LogP contribution in [0.4, 0.5) is 0 Å². The molecular weight excluding hydrogens is 240 g/mol. The first-order valence-electron chi connectivity index (χ1n) is 7.07. The molecule has 2 amide bonds. The third-order valence-corrected chi connectivity index (χ3v) is 2.51. The molecule has 0 saturated carbocycles. The monoisotopic (exact) mass is 270 g/mol. The van der Waals surface area contributed by atoms with Crippen LogP contribution in [0.3, 0.4) is 0 Å². The number of unbranched alkanes of at least 4 members (excludes halogenated alkanes) is 1. The normalized spacial score (nSPS) is 12.1. The summed E-state index contributed by atoms with van der Waals surface area (Å²) in [7, 11) is 0. The molecule has 0 unspecified atom stereocenters. The van der Waals surface area contributed by atoms with E-state index in [1.807, 2.05) is 20.8 Å². The zero-order valence-corrected chi connectivity index (χ0v) is 13.4. The number of hydrogen-bond donors (Lipinski definition) is 2. The Hall–Kier alpha value is -1.06. The molecule has 0 aromatic carbocycles. The summed E-state index contributed by atoms with van der Waals surface area (Å²) in [5.41, 5.74) is 0.0562. The second-order valence-corrected chi connectivity index (χ2v) is 7.34. The molecule has 0 atom stereocenters. The van der Waals surface area contributed by atoms with E-state index in [1.54, 1.807) is 0 Å². The van der Waals surface area contributed by atoms with Gasteiger partial charge in [-0.15, -0.1) is 0 Å². The first-order chi connectivity index (χ1) is 8.49. The van der Waals surface area contributed by atoms with E-state index in [4.69, 9.17) is 0 Å². The number of hydrogen-bond acceptors (Lipinski definition) is 2. The van der Waals surface area contributed by atoms with Crippen LogP contribution in [-0.4, -0.2) is 23.9 Å². The fourth-order valence-corrected chi connectivity index (χ4v) is 1.68. The average molecular weight is 270 g/mol. The van der Waals surface area contributed by atoms with Crippen molar-refractivity contribution in [2.24, 2.45) is 5.41 Å². The van der Waals surface area contributed by atoms with E-state index >= 15 is 0 Å². The predicted octanol–water partition coefficient (Wildman–Crippen LogP) is 2.62. The van der Waals surface area contributed by atoms with Crippen molar-refractivity contribution in [1.29, 1.82) is 0 Å². The molecule has 0 aliphatic rings. The highest BCUT2D eigenvalue weighted by Gasteiger charge is 2.16. The van der Waals surface area contributed by atoms with Crippen LogP contribution in [0, 0.1) is 5.41 Å². The van der Waals surface area contributed by atoms with Gasteiger partial charge in [0.25, 0.3) is 0 Å². The third-order valence-electron chi connectivity index (χ3n) is 2.51. The summed E-state index contributed by atoms with van der Waals surface area (Å²) in [5, 5.41) is 5.56. The molecule has 0 aliphatic carbocycles. The Morgan fingerprint density at radius 3 is 1.95 bits per heavy atom. The van der Waals surface area contributed by atoms with Crippen LogP contribution in [0.1, 0.15) is 67.2 Å². The molecule has 0 bridgehead atoms. The van der Waals surface area contributed by atoms with Gasteiger partial charge in [0, 0.05) is 12.1 Å². The van der Waals surface area contributed by atoms with Gasteiger partial charge in [0.05, 0.1) is 0 Å². The van der Waals surface area contributed by atoms with Gasteiger partial charge in [-0.1, -0.05) is 27.2 Å². The number of rotatable bonds is 6. The maximum absolute atomic E-state index is 11.5. The summed E-state index contributed by atoms with van der Waals surface area (Å²) in [5.74, 6) is -0.419. The molecule has 0 rings (SSSR count). The van der Waals surface area contributed by atoms with Crippen molar-refractivity contribution in [3.8, 4) is 0 Å². The lowest BCUT2D eigenvalue weighted by Crippen LogP contribution is -2.42. The highest BCUT2D eigenvalue weighted by atomic mass is 16.2. The Kier molecular flexibility index (Phi) is 7.09. The van der Waals surface area contributed by atoms with E-state index in [0.29, 0.717) is 12.0 Å². The second-order valence-electron chi connectivity index (χ2n) is 7.34. The molecule has 0 aromatic heterocycles. The maximum atomic E-state index is 11.5. The van der Waals surface area contributed by atoms with Crippen LogP contribution in [0.2, 0.25) is 0 Å². The fraction of sp³-hybridized carbons (Fsp3) is 0.867. The SMILES string of the molecule is CC(C)(C)CCCCNC(=O)CC(=O)NC(C)(C)C. The molecule has 4 nitrogen and oxygen atoms in total. The number of carbonyl (C=O) groups excluding carboxylic acids is 2. The quantitative estimate of drug-likeness (QED) is 0.576. The van der Waals surface area contributed by atoms with Gasteiger partial charge in [0.1, 0.15) is 6.42 Å². The van der Waals surface area contributed by atoms with Crippen LogP contribution < -0.4 is 10.6 Å². The van der Waals surface area contributed by atoms with E-state index in [9.17, 15) is 9.59 Å². The molecule has 0 heterocycles. The molecule has 0 radical (unpaired) electrons. The first-order valence-corrected chi connectivity index (χ1v) is 7.07. The lowest BCUT2D eigenvalue weighted by Gasteiger charge is -2.20. The van der Waals surface area contributed by atoms with Crippen LogP contribution in [0.15, 0.2) is 0 Å². The lowest BCUT2D eigenvalue weighted by atomic mass is 9.90. The van der Waals surface area contributed by atoms with Gasteiger partial charge in [0.15, 0.2) is 0 Å². The average Bonchev–Trinajstić information content (AvgIpc) is 2.11. The van der Waals surface area contributed by atoms with Crippen molar-refractivity contribution in [1.82, 2.24) is 10.6 Å². The van der Waals surface area contributed by atoms with Crippen molar-refractivity contribution in [3.63, 3.8) is 0 Å². The minimum Gasteiger partial charge on any atom is -0.356 e. The molecule has 0 aromatic rings. The van der Waals surface area contributed by atoms with Crippen molar-refractivity contribution >= 4 is 11.8 Å². The van der Waals surface area contributed by atoms with Crippen molar-refractivity contribution in [2.75, 3.05) is 6.54 Å². The van der Waals surface area contributed by atoms with E-state index in [-0.39, 0.29) is 23.8 Å². The summed E-state index contributed by atoms with van der Waals surface area (Å²) in [6, 6.07) is 0. The number of carbonyl (C=O) groups is 2. The molecule has 112 valence electrons. The minimum atomic E-state index is -0.288. The zero-order chi connectivity index (χ0) is 15.1. The van der Waals surface area contributed by atoms with Gasteiger partial charge >= 0.3 is 0 Å². The van der Waals surface area contributed by atoms with Gasteiger partial charge in [-0.25, -0.2) is 0 Å². The first kappa shape index (κ1) is 17.9. The van der Waals surface area contributed by atoms with Gasteiger partial charge in [0.2, 0.25) is 11.8 Å². The van der Waals surface area contributed by atoms with E-state index in [2.05, 4.69) is 31.4 Å². The zero-order valence-electron chi connectivity index (χ0n) is 13.4. The molecular formula is C15H30N2O2. The van der Waals surface area contributed by atoms with Gasteiger partial charge in [-0.05, 0) is 39.0 Å². The standard InChI is InChI=1S/C15H30N2O2/c1-14(2,3)9-7-8-10-16-12(18)11-13(19)17-15(4,5)6/h7-11H2,1-6H3,(H,16,18)(H,17,19). The summed E-state index contributed by atoms with van der Waals surface area (Å²) in [4.78, 5) is 23.0. The van der Waals surface area contributed by atoms with Crippen LogP contribution in [-0.2, 0) is 9.59 Å². The lowest BCUT2D eigenvalue weighted by molar-refractivity contribution is -0.130. The molecule has 19 heavy (non-hydrogen) atoms. The Bertz CT molecular complexity index is 298. The third kappa shape index (κ3) is 13.2. The molecule has 0 fully saturated rings. The van der Waals surface area contributed by atoms with Crippen molar-refractivity contribution in [2.45, 2.75) is 72.8 Å². The molecule has 2 N–H and O–H groups in total. The number of nitrogens with one attached hydrogen (secondary N) is 2. The predicted molar refractivity (Wildman–Crippen MR) is 78.8 cm³/mol. The summed E-state index contributed by atoms with van der Waals surface area (Å²) < 4.78 is 0. The minimum absolute atomic E-state index is 0.0868. The molecule has 0 aliphatic heterocycles. The van der Waals surface area contributed by atoms with Crippen molar-refractivity contribution in [3.05, 3.63) is 0 Å². The van der Waals surface area contributed by atoms with Gasteiger partial charge < -0.3 is 10.6 Å². The Morgan fingerprint density at radius 1 is 0.895 bits per heavy atom. The Morgan fingerprint density at radius 2 is 1.47 bits per heavy atom. The summed E-state index contributed by atoms with van der Waals surface area (Å²) in [6.45, 7) is 13.0. The van der Waals surface area contributed by atoms with Crippen LogP contribution in [0.25, 0.3) is 0 Å². The van der Waals surface area contributed by atoms with E-state index < -0.39 is 0 Å². The largest absolute Gasteiger partial charge is 0.356 e. The molecule has 0 saturated heterocycles. The Balaban J connectivity index is 3.68. The Labute approximate surface area is 117 Å². The second kappa shape index (κ2) is 7.51. The van der Waals surface area contributed by atoms with Crippen LogP contribution >= 0.6 is 0 Å². The maximum Gasteiger partial charge on any atom is 0.229 e. The van der Waals surface area contributed by atoms with Crippen LogP contribution in [0.5, 0.6) is 0 Å². The molecule has 4 heteroatoms. The van der Waals surface area contributed by atoms with E-state index in [0.717, 1.165) is 19.3 Å². The summed E-state index contributed by atoms with van der Waals surface area (Å²) in [6.07, 6.45) is 3.12. The fourth-order valence-electron chi connectivity index (χ4n) is 1.68. The highest BCUT2D eigenvalue weighted by molar-refractivity contribution is 5.97. The number of amides is 2. The molecule has 0 spiro atoms. The van der Waals surface area contributed by atoms with Crippen molar-refractivity contribution < 1.29 is 9.59 Å².